The Morgan fingerprint density at radius 2 is 2.15 bits per heavy atom. The molecule has 0 aliphatic carbocycles. The highest BCUT2D eigenvalue weighted by atomic mass is 19.1. The molecule has 1 aromatic carbocycles. The van der Waals surface area contributed by atoms with E-state index in [1.807, 2.05) is 12.3 Å². The zero-order valence-corrected chi connectivity index (χ0v) is 14.6. The van der Waals surface area contributed by atoms with Gasteiger partial charge < -0.3 is 9.88 Å². The fourth-order valence-corrected chi connectivity index (χ4v) is 3.82. The molecule has 4 nitrogen and oxygen atoms in total. The van der Waals surface area contributed by atoms with E-state index in [1.54, 1.807) is 12.3 Å². The fraction of sp³-hybridized carbons (Fsp3) is 0.333. The van der Waals surface area contributed by atoms with E-state index in [-0.39, 0.29) is 5.56 Å². The Morgan fingerprint density at radius 1 is 1.23 bits per heavy atom. The Hall–Kier alpha value is -2.71. The molecule has 1 saturated heterocycles. The van der Waals surface area contributed by atoms with E-state index in [1.165, 1.54) is 31.4 Å². The van der Waals surface area contributed by atoms with Crippen LogP contribution < -0.4 is 5.32 Å². The standard InChI is InChI=1S/C21H21FN4/c22-20-10-16(3-4-17(20)11-23)19-12-25-13-21-18(19)6-9-26(21)14-15-2-1-7-24-8-5-15/h3-4,6,9-10,12-13,15,24H,1-2,5,7-8,14H2. The smallest absolute Gasteiger partial charge is 0.141 e. The predicted octanol–water partition coefficient (Wildman–Crippen LogP) is 4.10. The van der Waals surface area contributed by atoms with Crippen LogP contribution in [0, 0.1) is 23.1 Å². The second kappa shape index (κ2) is 7.27. The summed E-state index contributed by atoms with van der Waals surface area (Å²) in [5, 5.41) is 13.4. The summed E-state index contributed by atoms with van der Waals surface area (Å²) in [6, 6.07) is 8.68. The molecule has 1 N–H and O–H groups in total. The molecule has 1 fully saturated rings. The van der Waals surface area contributed by atoms with Gasteiger partial charge in [-0.15, -0.1) is 0 Å². The normalized spacial score (nSPS) is 17.8. The average Bonchev–Trinajstić information content (AvgIpc) is 2.89. The van der Waals surface area contributed by atoms with E-state index < -0.39 is 5.82 Å². The largest absolute Gasteiger partial charge is 0.346 e. The summed E-state index contributed by atoms with van der Waals surface area (Å²) in [4.78, 5) is 4.39. The van der Waals surface area contributed by atoms with Gasteiger partial charge in [-0.05, 0) is 62.0 Å². The molecular formula is C21H21FN4. The molecule has 1 aliphatic heterocycles. The van der Waals surface area contributed by atoms with Gasteiger partial charge in [-0.2, -0.15) is 5.26 Å². The van der Waals surface area contributed by atoms with E-state index in [0.717, 1.165) is 41.7 Å². The fourth-order valence-electron chi connectivity index (χ4n) is 3.82. The van der Waals surface area contributed by atoms with Gasteiger partial charge in [0.25, 0.3) is 0 Å². The third-order valence-electron chi connectivity index (χ3n) is 5.25. The molecule has 0 radical (unpaired) electrons. The Labute approximate surface area is 152 Å². The lowest BCUT2D eigenvalue weighted by Crippen LogP contribution is -2.15. The van der Waals surface area contributed by atoms with Crippen molar-refractivity contribution in [3.63, 3.8) is 0 Å². The van der Waals surface area contributed by atoms with Gasteiger partial charge in [-0.25, -0.2) is 4.39 Å². The molecule has 4 rings (SSSR count). The number of nitrogens with one attached hydrogen (secondary N) is 1. The summed E-state index contributed by atoms with van der Waals surface area (Å²) >= 11 is 0. The molecule has 2 aromatic heterocycles. The quantitative estimate of drug-likeness (QED) is 0.775. The number of pyridine rings is 1. The van der Waals surface area contributed by atoms with Crippen molar-refractivity contribution >= 4 is 10.9 Å². The molecule has 0 saturated carbocycles. The lowest BCUT2D eigenvalue weighted by atomic mass is 10.0. The number of nitriles is 1. The van der Waals surface area contributed by atoms with E-state index in [4.69, 9.17) is 5.26 Å². The molecule has 1 aliphatic rings. The first-order chi connectivity index (χ1) is 12.8. The average molecular weight is 348 g/mol. The number of hydrogen-bond acceptors (Lipinski definition) is 3. The summed E-state index contributed by atoms with van der Waals surface area (Å²) in [5.41, 5.74) is 2.78. The summed E-state index contributed by atoms with van der Waals surface area (Å²) in [6.45, 7) is 3.18. The summed E-state index contributed by atoms with van der Waals surface area (Å²) in [6.07, 6.45) is 9.40. The number of halogens is 1. The van der Waals surface area contributed by atoms with Gasteiger partial charge in [-0.3, -0.25) is 4.98 Å². The van der Waals surface area contributed by atoms with Gasteiger partial charge >= 0.3 is 0 Å². The van der Waals surface area contributed by atoms with Crippen LogP contribution in [0.3, 0.4) is 0 Å². The molecule has 0 amide bonds. The van der Waals surface area contributed by atoms with Crippen molar-refractivity contribution in [2.75, 3.05) is 13.1 Å². The number of rotatable bonds is 3. The van der Waals surface area contributed by atoms with Gasteiger partial charge in [0.05, 0.1) is 17.3 Å². The molecule has 3 aromatic rings. The summed E-state index contributed by atoms with van der Waals surface area (Å²) < 4.78 is 16.3. The number of fused-ring (bicyclic) bond motifs is 1. The van der Waals surface area contributed by atoms with Crippen LogP contribution in [0.15, 0.2) is 42.9 Å². The maximum Gasteiger partial charge on any atom is 0.141 e. The van der Waals surface area contributed by atoms with Gasteiger partial charge in [-0.1, -0.05) is 6.07 Å². The maximum absolute atomic E-state index is 14.0. The van der Waals surface area contributed by atoms with Crippen molar-refractivity contribution in [1.29, 1.82) is 5.26 Å². The van der Waals surface area contributed by atoms with Gasteiger partial charge in [0.2, 0.25) is 0 Å². The van der Waals surface area contributed by atoms with Gasteiger partial charge in [0.15, 0.2) is 0 Å². The Morgan fingerprint density at radius 3 is 3.00 bits per heavy atom. The first-order valence-electron chi connectivity index (χ1n) is 9.10. The van der Waals surface area contributed by atoms with Gasteiger partial charge in [0.1, 0.15) is 11.9 Å². The van der Waals surface area contributed by atoms with Crippen LogP contribution >= 0.6 is 0 Å². The van der Waals surface area contributed by atoms with Crippen LogP contribution in [-0.2, 0) is 6.54 Å². The second-order valence-corrected chi connectivity index (χ2v) is 6.94. The Balaban J connectivity index is 1.69. The molecule has 132 valence electrons. The van der Waals surface area contributed by atoms with Crippen molar-refractivity contribution in [1.82, 2.24) is 14.9 Å². The van der Waals surface area contributed by atoms with Crippen molar-refractivity contribution in [3.8, 4) is 17.2 Å². The SMILES string of the molecule is N#Cc1ccc(-c2cncc3c2ccn3CC2CCCNCC2)cc1F. The van der Waals surface area contributed by atoms with E-state index >= 15 is 0 Å². The zero-order valence-electron chi connectivity index (χ0n) is 14.6. The maximum atomic E-state index is 14.0. The molecule has 3 heterocycles. The van der Waals surface area contributed by atoms with Crippen LogP contribution in [-0.4, -0.2) is 22.6 Å². The third kappa shape index (κ3) is 3.21. The van der Waals surface area contributed by atoms with E-state index in [9.17, 15) is 4.39 Å². The Bertz CT molecular complexity index is 962. The highest BCUT2D eigenvalue weighted by molar-refractivity contribution is 5.94. The summed E-state index contributed by atoms with van der Waals surface area (Å²) in [7, 11) is 0. The first-order valence-corrected chi connectivity index (χ1v) is 9.10. The lowest BCUT2D eigenvalue weighted by Gasteiger charge is -2.15. The molecule has 1 atom stereocenters. The molecule has 1 unspecified atom stereocenters. The molecule has 0 spiro atoms. The van der Waals surface area contributed by atoms with Crippen LogP contribution in [0.1, 0.15) is 24.8 Å². The second-order valence-electron chi connectivity index (χ2n) is 6.94. The Kier molecular flexibility index (Phi) is 4.68. The topological polar surface area (TPSA) is 53.6 Å². The number of benzene rings is 1. The molecule has 26 heavy (non-hydrogen) atoms. The monoisotopic (exact) mass is 348 g/mol. The summed E-state index contributed by atoms with van der Waals surface area (Å²) in [5.74, 6) is 0.170. The van der Waals surface area contributed by atoms with Crippen molar-refractivity contribution in [2.24, 2.45) is 5.92 Å². The molecule has 5 heteroatoms. The minimum atomic E-state index is -0.493. The van der Waals surface area contributed by atoms with Crippen LogP contribution in [0.5, 0.6) is 0 Å². The van der Waals surface area contributed by atoms with Crippen LogP contribution in [0.4, 0.5) is 4.39 Å². The molecular weight excluding hydrogens is 327 g/mol. The van der Waals surface area contributed by atoms with Crippen molar-refractivity contribution < 1.29 is 4.39 Å². The highest BCUT2D eigenvalue weighted by Gasteiger charge is 2.15. The zero-order chi connectivity index (χ0) is 17.9. The van der Waals surface area contributed by atoms with Crippen molar-refractivity contribution in [3.05, 3.63) is 54.2 Å². The lowest BCUT2D eigenvalue weighted by molar-refractivity contribution is 0.410. The van der Waals surface area contributed by atoms with E-state index in [0.29, 0.717) is 5.92 Å². The minimum Gasteiger partial charge on any atom is -0.346 e. The third-order valence-corrected chi connectivity index (χ3v) is 5.25. The number of hydrogen-bond donors (Lipinski definition) is 1. The van der Waals surface area contributed by atoms with Crippen LogP contribution in [0.2, 0.25) is 0 Å². The van der Waals surface area contributed by atoms with Crippen molar-refractivity contribution in [2.45, 2.75) is 25.8 Å². The highest BCUT2D eigenvalue weighted by Crippen LogP contribution is 2.30. The predicted molar refractivity (Wildman–Crippen MR) is 100 cm³/mol. The minimum absolute atomic E-state index is 0.0634. The molecule has 0 bridgehead atoms. The number of aromatic nitrogens is 2. The van der Waals surface area contributed by atoms with Gasteiger partial charge in [0, 0.05) is 29.9 Å². The van der Waals surface area contributed by atoms with Crippen LogP contribution in [0.25, 0.3) is 22.0 Å². The number of nitrogens with zero attached hydrogens (tertiary/aromatic N) is 3. The first kappa shape index (κ1) is 16.7. The van der Waals surface area contributed by atoms with E-state index in [2.05, 4.69) is 27.1 Å².